The van der Waals surface area contributed by atoms with Crippen molar-refractivity contribution >= 4 is 5.91 Å². The third-order valence-corrected chi connectivity index (χ3v) is 3.14. The molecule has 0 aliphatic carbocycles. The smallest absolute Gasteiger partial charge is 0.251 e. The van der Waals surface area contributed by atoms with Crippen LogP contribution in [0.25, 0.3) is 0 Å². The Kier molecular flexibility index (Phi) is 3.25. The van der Waals surface area contributed by atoms with Crippen LogP contribution in [-0.4, -0.2) is 30.6 Å². The molecule has 3 heteroatoms. The molecule has 1 aliphatic rings. The van der Waals surface area contributed by atoms with E-state index in [4.69, 9.17) is 4.74 Å². The number of methoxy groups -OCH3 is 1. The van der Waals surface area contributed by atoms with Gasteiger partial charge in [0.05, 0.1) is 0 Å². The van der Waals surface area contributed by atoms with Crippen LogP contribution in [0.5, 0.6) is 0 Å². The van der Waals surface area contributed by atoms with Crippen molar-refractivity contribution in [2.45, 2.75) is 26.0 Å². The second-order valence-electron chi connectivity index (χ2n) is 4.16. The van der Waals surface area contributed by atoms with Gasteiger partial charge in [-0.15, -0.1) is 0 Å². The average molecular weight is 219 g/mol. The molecule has 1 aromatic carbocycles. The number of benzene rings is 1. The molecule has 1 aliphatic heterocycles. The third kappa shape index (κ3) is 2.09. The molecule has 0 bridgehead atoms. The highest BCUT2D eigenvalue weighted by atomic mass is 16.5. The van der Waals surface area contributed by atoms with Crippen molar-refractivity contribution in [3.05, 3.63) is 35.4 Å². The summed E-state index contributed by atoms with van der Waals surface area (Å²) in [5.41, 5.74) is 2.61. The number of amides is 1. The first-order valence-corrected chi connectivity index (χ1v) is 5.60. The van der Waals surface area contributed by atoms with Gasteiger partial charge in [0.2, 0.25) is 0 Å². The van der Waals surface area contributed by atoms with Gasteiger partial charge in [-0.1, -0.05) is 24.3 Å². The molecule has 86 valence electrons. The van der Waals surface area contributed by atoms with Crippen molar-refractivity contribution in [1.82, 2.24) is 4.90 Å². The lowest BCUT2D eigenvalue weighted by Crippen LogP contribution is -2.41. The van der Waals surface area contributed by atoms with Crippen LogP contribution < -0.4 is 0 Å². The van der Waals surface area contributed by atoms with E-state index in [1.807, 2.05) is 17.0 Å². The van der Waals surface area contributed by atoms with Gasteiger partial charge in [0.1, 0.15) is 6.10 Å². The zero-order valence-electron chi connectivity index (χ0n) is 9.77. The van der Waals surface area contributed by atoms with E-state index in [9.17, 15) is 4.79 Å². The molecule has 0 spiro atoms. The number of carbonyl (C=O) groups is 1. The molecule has 0 radical (unpaired) electrons. The van der Waals surface area contributed by atoms with Gasteiger partial charge < -0.3 is 9.64 Å². The van der Waals surface area contributed by atoms with Crippen LogP contribution >= 0.6 is 0 Å². The number of hydrogen-bond donors (Lipinski definition) is 0. The zero-order chi connectivity index (χ0) is 11.5. The van der Waals surface area contributed by atoms with Crippen molar-refractivity contribution < 1.29 is 9.53 Å². The number of ether oxygens (including phenoxy) is 1. The predicted octanol–water partition coefficient (Wildman–Crippen LogP) is 1.61. The van der Waals surface area contributed by atoms with Crippen LogP contribution in [0.4, 0.5) is 0 Å². The lowest BCUT2D eigenvalue weighted by Gasteiger charge is -2.30. The fraction of sp³-hybridized carbons (Fsp3) is 0.462. The van der Waals surface area contributed by atoms with Gasteiger partial charge >= 0.3 is 0 Å². The average Bonchev–Trinajstić information content (AvgIpc) is 2.36. The SMILES string of the molecule is COC(C)C(=O)N1CCc2ccccc2C1. The Bertz CT molecular complexity index is 389. The fourth-order valence-corrected chi connectivity index (χ4v) is 2.04. The molecular formula is C13H17NO2. The van der Waals surface area contributed by atoms with Crippen molar-refractivity contribution in [2.24, 2.45) is 0 Å². The van der Waals surface area contributed by atoms with E-state index in [1.54, 1.807) is 14.0 Å². The first-order valence-electron chi connectivity index (χ1n) is 5.60. The van der Waals surface area contributed by atoms with Gasteiger partial charge in [-0.2, -0.15) is 0 Å². The minimum Gasteiger partial charge on any atom is -0.372 e. The number of fused-ring (bicyclic) bond motifs is 1. The highest BCUT2D eigenvalue weighted by Gasteiger charge is 2.23. The molecule has 2 rings (SSSR count). The molecule has 1 unspecified atom stereocenters. The Balaban J connectivity index is 2.11. The van der Waals surface area contributed by atoms with Gasteiger partial charge in [-0.25, -0.2) is 0 Å². The summed E-state index contributed by atoms with van der Waals surface area (Å²) in [5, 5.41) is 0. The van der Waals surface area contributed by atoms with E-state index in [0.717, 1.165) is 13.0 Å². The molecule has 0 N–H and O–H groups in total. The van der Waals surface area contributed by atoms with Crippen LogP contribution in [0.1, 0.15) is 18.1 Å². The first kappa shape index (κ1) is 11.1. The second-order valence-corrected chi connectivity index (χ2v) is 4.16. The van der Waals surface area contributed by atoms with E-state index in [2.05, 4.69) is 12.1 Å². The number of carbonyl (C=O) groups excluding carboxylic acids is 1. The minimum absolute atomic E-state index is 0.0806. The van der Waals surface area contributed by atoms with E-state index in [-0.39, 0.29) is 12.0 Å². The topological polar surface area (TPSA) is 29.5 Å². The van der Waals surface area contributed by atoms with Crippen molar-refractivity contribution in [3.8, 4) is 0 Å². The van der Waals surface area contributed by atoms with Crippen molar-refractivity contribution in [2.75, 3.05) is 13.7 Å². The van der Waals surface area contributed by atoms with Gasteiger partial charge in [0.15, 0.2) is 0 Å². The number of nitrogens with zero attached hydrogens (tertiary/aromatic N) is 1. The van der Waals surface area contributed by atoms with Crippen LogP contribution in [-0.2, 0) is 22.5 Å². The summed E-state index contributed by atoms with van der Waals surface area (Å²) in [7, 11) is 1.57. The van der Waals surface area contributed by atoms with Crippen LogP contribution in [0, 0.1) is 0 Å². The van der Waals surface area contributed by atoms with Crippen molar-refractivity contribution in [3.63, 3.8) is 0 Å². The van der Waals surface area contributed by atoms with Gasteiger partial charge in [-0.3, -0.25) is 4.79 Å². The van der Waals surface area contributed by atoms with E-state index < -0.39 is 0 Å². The largest absolute Gasteiger partial charge is 0.372 e. The maximum atomic E-state index is 11.9. The molecule has 1 aromatic rings. The Hall–Kier alpha value is -1.35. The van der Waals surface area contributed by atoms with Gasteiger partial charge in [0.25, 0.3) is 5.91 Å². The molecule has 0 saturated heterocycles. The lowest BCUT2D eigenvalue weighted by atomic mass is 10.00. The second kappa shape index (κ2) is 4.66. The summed E-state index contributed by atoms with van der Waals surface area (Å²) in [4.78, 5) is 13.8. The highest BCUT2D eigenvalue weighted by Crippen LogP contribution is 2.19. The maximum absolute atomic E-state index is 11.9. The summed E-state index contributed by atoms with van der Waals surface area (Å²) in [6.07, 6.45) is 0.600. The lowest BCUT2D eigenvalue weighted by molar-refractivity contribution is -0.141. The van der Waals surface area contributed by atoms with E-state index in [0.29, 0.717) is 6.54 Å². The van der Waals surface area contributed by atoms with Crippen LogP contribution in [0.3, 0.4) is 0 Å². The van der Waals surface area contributed by atoms with Crippen LogP contribution in [0.15, 0.2) is 24.3 Å². The molecule has 0 fully saturated rings. The summed E-state index contributed by atoms with van der Waals surface area (Å²) in [6, 6.07) is 8.30. The number of rotatable bonds is 2. The molecule has 0 aromatic heterocycles. The molecule has 1 amide bonds. The highest BCUT2D eigenvalue weighted by molar-refractivity contribution is 5.80. The minimum atomic E-state index is -0.342. The fourth-order valence-electron chi connectivity index (χ4n) is 2.04. The predicted molar refractivity (Wildman–Crippen MR) is 62.0 cm³/mol. The molecule has 1 heterocycles. The molecule has 0 saturated carbocycles. The normalized spacial score (nSPS) is 16.8. The summed E-state index contributed by atoms with van der Waals surface area (Å²) >= 11 is 0. The summed E-state index contributed by atoms with van der Waals surface area (Å²) < 4.78 is 5.06. The third-order valence-electron chi connectivity index (χ3n) is 3.14. The van der Waals surface area contributed by atoms with Crippen LogP contribution in [0.2, 0.25) is 0 Å². The monoisotopic (exact) mass is 219 g/mol. The maximum Gasteiger partial charge on any atom is 0.251 e. The molecule has 3 nitrogen and oxygen atoms in total. The Morgan fingerprint density at radius 3 is 2.75 bits per heavy atom. The van der Waals surface area contributed by atoms with Gasteiger partial charge in [-0.05, 0) is 24.5 Å². The molecular weight excluding hydrogens is 202 g/mol. The zero-order valence-corrected chi connectivity index (χ0v) is 9.77. The summed E-state index contributed by atoms with van der Waals surface area (Å²) in [5.74, 6) is 0.0806. The quantitative estimate of drug-likeness (QED) is 0.756. The summed E-state index contributed by atoms with van der Waals surface area (Å²) in [6.45, 7) is 3.30. The Morgan fingerprint density at radius 2 is 2.06 bits per heavy atom. The van der Waals surface area contributed by atoms with E-state index in [1.165, 1.54) is 11.1 Å². The van der Waals surface area contributed by atoms with Crippen molar-refractivity contribution in [1.29, 1.82) is 0 Å². The Morgan fingerprint density at radius 1 is 1.38 bits per heavy atom. The first-order chi connectivity index (χ1) is 7.72. The van der Waals surface area contributed by atoms with E-state index >= 15 is 0 Å². The van der Waals surface area contributed by atoms with Gasteiger partial charge in [0, 0.05) is 20.2 Å². The standard InChI is InChI=1S/C13H17NO2/c1-10(16-2)13(15)14-8-7-11-5-3-4-6-12(11)9-14/h3-6,10H,7-9H2,1-2H3. The molecule has 16 heavy (non-hydrogen) atoms. The Labute approximate surface area is 96.0 Å². The molecule has 1 atom stereocenters. The number of hydrogen-bond acceptors (Lipinski definition) is 2.